The van der Waals surface area contributed by atoms with Gasteiger partial charge in [0, 0.05) is 5.56 Å². The molecule has 0 saturated carbocycles. The lowest BCUT2D eigenvalue weighted by Gasteiger charge is -2.43. The van der Waals surface area contributed by atoms with Crippen molar-refractivity contribution in [2.24, 2.45) is 0 Å². The Balaban J connectivity index is 2.59. The quantitative estimate of drug-likeness (QED) is 0.703. The fraction of sp³-hybridized carbons (Fsp3) is 0.632. The van der Waals surface area contributed by atoms with Crippen molar-refractivity contribution in [3.8, 4) is 17.2 Å². The summed E-state index contributed by atoms with van der Waals surface area (Å²) in [6, 6.07) is 1.58. The first-order valence-corrected chi connectivity index (χ1v) is 11.8. The summed E-state index contributed by atoms with van der Waals surface area (Å²) >= 11 is 0. The molecule has 0 aliphatic carbocycles. The molecule has 0 aromatic heterocycles. The Labute approximate surface area is 161 Å². The molecule has 8 heteroatoms. The minimum Gasteiger partial charge on any atom is -0.504 e. The molecular formula is C19H30O7Si. The van der Waals surface area contributed by atoms with Crippen LogP contribution in [0, 0.1) is 0 Å². The van der Waals surface area contributed by atoms with E-state index in [1.807, 2.05) is 0 Å². The lowest BCUT2D eigenvalue weighted by atomic mass is 9.93. The molecule has 0 unspecified atom stereocenters. The molecule has 1 aromatic carbocycles. The number of rotatable bonds is 6. The van der Waals surface area contributed by atoms with E-state index in [0.29, 0.717) is 16.9 Å². The van der Waals surface area contributed by atoms with E-state index < -0.39 is 26.5 Å². The third-order valence-corrected chi connectivity index (χ3v) is 9.91. The summed E-state index contributed by atoms with van der Waals surface area (Å²) in [6.45, 7) is 10.7. The Hall–Kier alpha value is -1.77. The third kappa shape index (κ3) is 4.22. The Morgan fingerprint density at radius 1 is 1.26 bits per heavy atom. The molecule has 2 N–H and O–H groups in total. The molecule has 27 heavy (non-hydrogen) atoms. The van der Waals surface area contributed by atoms with Gasteiger partial charge in [0.1, 0.15) is 0 Å². The van der Waals surface area contributed by atoms with Crippen molar-refractivity contribution >= 4 is 14.3 Å². The highest BCUT2D eigenvalue weighted by atomic mass is 28.4. The fourth-order valence-electron chi connectivity index (χ4n) is 2.95. The highest BCUT2D eigenvalue weighted by Gasteiger charge is 2.44. The van der Waals surface area contributed by atoms with Crippen molar-refractivity contribution in [2.75, 3.05) is 14.2 Å². The third-order valence-electron chi connectivity index (χ3n) is 5.45. The van der Waals surface area contributed by atoms with Crippen molar-refractivity contribution < 1.29 is 33.6 Å². The SMILES string of the molecule is COc1c(O)cc2c(c1OC)CO[C@H](CC(=O)O)[C@H]2O[Si](C)(C)C(C)(C)C. The standard InChI is InChI=1S/C19H30O7Si/c1-19(2,3)27(6,7)26-16-11-8-13(20)18(24-5)17(23-4)12(11)10-25-14(16)9-15(21)22/h8,14,16,20H,9-10H2,1-7H3,(H,21,22)/t14-,16+/m1/s1. The van der Waals surface area contributed by atoms with E-state index in [4.69, 9.17) is 18.6 Å². The topological polar surface area (TPSA) is 94.5 Å². The molecule has 0 spiro atoms. The molecule has 0 bridgehead atoms. The summed E-state index contributed by atoms with van der Waals surface area (Å²) < 4.78 is 23.1. The second-order valence-electron chi connectivity index (χ2n) is 8.28. The number of phenolic OH excluding ortho intramolecular Hbond substituents is 1. The second kappa shape index (κ2) is 7.69. The largest absolute Gasteiger partial charge is 0.504 e. The highest BCUT2D eigenvalue weighted by Crippen LogP contribution is 2.49. The number of methoxy groups -OCH3 is 2. The number of phenols is 1. The number of carbonyl (C=O) groups is 1. The van der Waals surface area contributed by atoms with Crippen LogP contribution in [0.15, 0.2) is 6.07 Å². The molecule has 0 radical (unpaired) electrons. The maximum absolute atomic E-state index is 11.4. The van der Waals surface area contributed by atoms with Crippen molar-refractivity contribution in [1.82, 2.24) is 0 Å². The van der Waals surface area contributed by atoms with Crippen LogP contribution in [0.1, 0.15) is 44.4 Å². The Kier molecular flexibility index (Phi) is 6.13. The highest BCUT2D eigenvalue weighted by molar-refractivity contribution is 6.74. The molecule has 152 valence electrons. The number of aromatic hydroxyl groups is 1. The number of benzene rings is 1. The predicted octanol–water partition coefficient (Wildman–Crippen LogP) is 3.85. The van der Waals surface area contributed by atoms with Gasteiger partial charge in [0.05, 0.1) is 39.5 Å². The fourth-order valence-corrected chi connectivity index (χ4v) is 4.22. The van der Waals surface area contributed by atoms with Crippen LogP contribution in [-0.4, -0.2) is 44.8 Å². The van der Waals surface area contributed by atoms with E-state index in [1.54, 1.807) is 6.07 Å². The van der Waals surface area contributed by atoms with Crippen molar-refractivity contribution in [1.29, 1.82) is 0 Å². The van der Waals surface area contributed by atoms with Crippen LogP contribution in [-0.2, 0) is 20.6 Å². The maximum Gasteiger partial charge on any atom is 0.306 e. The van der Waals surface area contributed by atoms with E-state index in [-0.39, 0.29) is 29.6 Å². The van der Waals surface area contributed by atoms with Gasteiger partial charge in [-0.15, -0.1) is 0 Å². The molecule has 0 fully saturated rings. The molecule has 1 aliphatic heterocycles. The molecule has 7 nitrogen and oxygen atoms in total. The molecule has 1 heterocycles. The summed E-state index contributed by atoms with van der Waals surface area (Å²) in [5, 5.41) is 19.7. The minimum absolute atomic E-state index is 0.0724. The zero-order valence-corrected chi connectivity index (χ0v) is 18.1. The Morgan fingerprint density at radius 2 is 1.85 bits per heavy atom. The normalized spacial score (nSPS) is 20.1. The number of carboxylic acids is 1. The van der Waals surface area contributed by atoms with Crippen molar-refractivity contribution in [3.05, 3.63) is 17.2 Å². The summed E-state index contributed by atoms with van der Waals surface area (Å²) in [4.78, 5) is 11.4. The van der Waals surface area contributed by atoms with Gasteiger partial charge in [-0.05, 0) is 29.8 Å². The molecule has 1 aromatic rings. The van der Waals surface area contributed by atoms with Crippen LogP contribution in [0.25, 0.3) is 0 Å². The van der Waals surface area contributed by atoms with Crippen LogP contribution in [0.3, 0.4) is 0 Å². The maximum atomic E-state index is 11.4. The molecular weight excluding hydrogens is 368 g/mol. The molecule has 0 amide bonds. The average molecular weight is 399 g/mol. The van der Waals surface area contributed by atoms with Gasteiger partial charge in [0.25, 0.3) is 0 Å². The van der Waals surface area contributed by atoms with Crippen LogP contribution in [0.5, 0.6) is 17.2 Å². The number of fused-ring (bicyclic) bond motifs is 1. The van der Waals surface area contributed by atoms with Gasteiger partial charge in [-0.3, -0.25) is 4.79 Å². The molecule has 2 rings (SSSR count). The first kappa shape index (κ1) is 21.5. The van der Waals surface area contributed by atoms with Gasteiger partial charge < -0.3 is 28.8 Å². The summed E-state index contributed by atoms with van der Waals surface area (Å²) in [5.41, 5.74) is 1.39. The number of hydrogen-bond acceptors (Lipinski definition) is 6. The van der Waals surface area contributed by atoms with E-state index in [1.165, 1.54) is 14.2 Å². The van der Waals surface area contributed by atoms with E-state index in [9.17, 15) is 15.0 Å². The average Bonchev–Trinajstić information content (AvgIpc) is 2.54. The number of ether oxygens (including phenoxy) is 3. The molecule has 0 saturated heterocycles. The van der Waals surface area contributed by atoms with Gasteiger partial charge in [-0.2, -0.15) is 0 Å². The molecule has 2 atom stereocenters. The monoisotopic (exact) mass is 398 g/mol. The van der Waals surface area contributed by atoms with E-state index >= 15 is 0 Å². The van der Waals surface area contributed by atoms with Gasteiger partial charge in [0.15, 0.2) is 19.8 Å². The molecule has 1 aliphatic rings. The van der Waals surface area contributed by atoms with Crippen LogP contribution < -0.4 is 9.47 Å². The van der Waals surface area contributed by atoms with Crippen LogP contribution >= 0.6 is 0 Å². The zero-order chi connectivity index (χ0) is 20.6. The minimum atomic E-state index is -2.25. The van der Waals surface area contributed by atoms with Gasteiger partial charge >= 0.3 is 5.97 Å². The lowest BCUT2D eigenvalue weighted by molar-refractivity contribution is -0.144. The predicted molar refractivity (Wildman–Crippen MR) is 103 cm³/mol. The van der Waals surface area contributed by atoms with Crippen LogP contribution in [0.4, 0.5) is 0 Å². The van der Waals surface area contributed by atoms with Crippen molar-refractivity contribution in [3.63, 3.8) is 0 Å². The zero-order valence-electron chi connectivity index (χ0n) is 17.1. The van der Waals surface area contributed by atoms with E-state index in [2.05, 4.69) is 33.9 Å². The number of aliphatic carboxylic acids is 1. The van der Waals surface area contributed by atoms with Crippen LogP contribution in [0.2, 0.25) is 18.1 Å². The Morgan fingerprint density at radius 3 is 2.33 bits per heavy atom. The lowest BCUT2D eigenvalue weighted by Crippen LogP contribution is -2.45. The van der Waals surface area contributed by atoms with Gasteiger partial charge in [-0.1, -0.05) is 20.8 Å². The smallest absolute Gasteiger partial charge is 0.306 e. The Bertz CT molecular complexity index is 709. The summed E-state index contributed by atoms with van der Waals surface area (Å²) in [6.07, 6.45) is -1.45. The number of carboxylic acid groups (broad SMARTS) is 1. The summed E-state index contributed by atoms with van der Waals surface area (Å²) in [7, 11) is 0.692. The second-order valence-corrected chi connectivity index (χ2v) is 13.0. The van der Waals surface area contributed by atoms with Crippen molar-refractivity contribution in [2.45, 2.75) is 64.1 Å². The van der Waals surface area contributed by atoms with E-state index in [0.717, 1.165) is 0 Å². The summed E-state index contributed by atoms with van der Waals surface area (Å²) in [5.74, 6) is -0.433. The first-order chi connectivity index (χ1) is 12.4. The first-order valence-electron chi connectivity index (χ1n) is 8.91. The number of hydrogen-bond donors (Lipinski definition) is 2. The van der Waals surface area contributed by atoms with Gasteiger partial charge in [0.2, 0.25) is 5.75 Å². The van der Waals surface area contributed by atoms with Gasteiger partial charge in [-0.25, -0.2) is 0 Å².